The summed E-state index contributed by atoms with van der Waals surface area (Å²) in [6, 6.07) is 18.6. The van der Waals surface area contributed by atoms with Crippen LogP contribution >= 0.6 is 0 Å². The molecule has 1 saturated heterocycles. The maximum Gasteiger partial charge on any atom is 0.318 e. The second kappa shape index (κ2) is 9.21. The Hall–Kier alpha value is -2.38. The highest BCUT2D eigenvalue weighted by molar-refractivity contribution is 7.91. The number of rotatable bonds is 7. The Bertz CT molecular complexity index is 832. The molecule has 3 rings (SSSR count). The molecule has 0 spiro atoms. The van der Waals surface area contributed by atoms with Crippen molar-refractivity contribution < 1.29 is 17.9 Å². The van der Waals surface area contributed by atoms with Crippen LogP contribution in [-0.4, -0.2) is 57.2 Å². The van der Waals surface area contributed by atoms with Crippen LogP contribution in [0.25, 0.3) is 0 Å². The van der Waals surface area contributed by atoms with Gasteiger partial charge in [-0.2, -0.15) is 0 Å². The summed E-state index contributed by atoms with van der Waals surface area (Å²) >= 11 is 0. The lowest BCUT2D eigenvalue weighted by atomic mass is 9.99. The zero-order valence-corrected chi connectivity index (χ0v) is 16.8. The van der Waals surface area contributed by atoms with E-state index in [1.807, 2.05) is 60.7 Å². The van der Waals surface area contributed by atoms with Gasteiger partial charge in [-0.1, -0.05) is 60.7 Å². The first-order chi connectivity index (χ1) is 13.5. The number of carbonyl (C=O) groups is 1. The van der Waals surface area contributed by atoms with Gasteiger partial charge >= 0.3 is 6.03 Å². The van der Waals surface area contributed by atoms with E-state index in [1.165, 1.54) is 0 Å². The molecule has 1 aliphatic rings. The molecule has 1 fully saturated rings. The van der Waals surface area contributed by atoms with Crippen LogP contribution in [0.5, 0.6) is 0 Å². The highest BCUT2D eigenvalue weighted by atomic mass is 32.2. The average Bonchev–Trinajstić information content (AvgIpc) is 3.07. The van der Waals surface area contributed by atoms with Crippen LogP contribution in [-0.2, 0) is 14.6 Å². The molecule has 6 nitrogen and oxygen atoms in total. The number of urea groups is 1. The molecule has 0 radical (unpaired) electrons. The minimum Gasteiger partial charge on any atom is -0.383 e. The molecule has 0 aliphatic carbocycles. The fourth-order valence-electron chi connectivity index (χ4n) is 3.52. The Morgan fingerprint density at radius 2 is 1.68 bits per heavy atom. The van der Waals surface area contributed by atoms with Crippen molar-refractivity contribution in [1.82, 2.24) is 10.2 Å². The van der Waals surface area contributed by atoms with Gasteiger partial charge in [0, 0.05) is 19.7 Å². The van der Waals surface area contributed by atoms with Crippen molar-refractivity contribution in [3.63, 3.8) is 0 Å². The van der Waals surface area contributed by atoms with Crippen LogP contribution in [0.3, 0.4) is 0 Å². The van der Waals surface area contributed by atoms with E-state index in [9.17, 15) is 13.2 Å². The monoisotopic (exact) mass is 402 g/mol. The lowest BCUT2D eigenvalue weighted by molar-refractivity contribution is 0.132. The third-order valence-electron chi connectivity index (χ3n) is 4.98. The molecule has 1 heterocycles. The summed E-state index contributed by atoms with van der Waals surface area (Å²) in [6.07, 6.45) is 0.459. The molecule has 2 aromatic rings. The maximum atomic E-state index is 13.2. The van der Waals surface area contributed by atoms with Crippen molar-refractivity contribution in [2.45, 2.75) is 18.5 Å². The third-order valence-corrected chi connectivity index (χ3v) is 6.73. The van der Waals surface area contributed by atoms with E-state index in [4.69, 9.17) is 4.74 Å². The standard InChI is InChI=1S/C21H26N2O4S/c1-27-14-13-23(19-12-15-28(25,26)16-19)21(24)22-20(17-8-4-2-5-9-17)18-10-6-3-7-11-18/h2-11,19-20H,12-16H2,1H3,(H,22,24). The van der Waals surface area contributed by atoms with Gasteiger partial charge in [-0.05, 0) is 17.5 Å². The van der Waals surface area contributed by atoms with E-state index >= 15 is 0 Å². The zero-order valence-electron chi connectivity index (χ0n) is 16.0. The summed E-state index contributed by atoms with van der Waals surface area (Å²) in [5.74, 6) is 0.126. The lowest BCUT2D eigenvalue weighted by Gasteiger charge is -2.31. The zero-order chi connectivity index (χ0) is 20.0. The Balaban J connectivity index is 1.84. The normalized spacial score (nSPS) is 18.1. The Morgan fingerprint density at radius 3 is 2.14 bits per heavy atom. The van der Waals surface area contributed by atoms with Crippen molar-refractivity contribution >= 4 is 15.9 Å². The molecule has 0 bridgehead atoms. The van der Waals surface area contributed by atoms with Gasteiger partial charge in [0.15, 0.2) is 9.84 Å². The molecular weight excluding hydrogens is 376 g/mol. The van der Waals surface area contributed by atoms with Crippen molar-refractivity contribution in [2.24, 2.45) is 0 Å². The number of hydrogen-bond acceptors (Lipinski definition) is 4. The van der Waals surface area contributed by atoms with Crippen molar-refractivity contribution in [1.29, 1.82) is 0 Å². The van der Waals surface area contributed by atoms with Gasteiger partial charge < -0.3 is 15.0 Å². The first kappa shape index (κ1) is 20.4. The molecule has 2 aromatic carbocycles. The third kappa shape index (κ3) is 5.11. The fourth-order valence-corrected chi connectivity index (χ4v) is 5.25. The van der Waals surface area contributed by atoms with E-state index in [2.05, 4.69) is 5.32 Å². The van der Waals surface area contributed by atoms with E-state index in [-0.39, 0.29) is 29.6 Å². The van der Waals surface area contributed by atoms with Gasteiger partial charge in [0.2, 0.25) is 0 Å². The molecule has 28 heavy (non-hydrogen) atoms. The van der Waals surface area contributed by atoms with E-state index < -0.39 is 9.84 Å². The SMILES string of the molecule is COCCN(C(=O)NC(c1ccccc1)c1ccccc1)C1CCS(=O)(=O)C1. The van der Waals surface area contributed by atoms with Crippen molar-refractivity contribution in [3.05, 3.63) is 71.8 Å². The number of sulfone groups is 1. The Morgan fingerprint density at radius 1 is 1.11 bits per heavy atom. The highest BCUT2D eigenvalue weighted by Crippen LogP contribution is 2.24. The van der Waals surface area contributed by atoms with Crippen molar-refractivity contribution in [3.8, 4) is 0 Å². The maximum absolute atomic E-state index is 13.2. The van der Waals surface area contributed by atoms with Crippen LogP contribution in [0.15, 0.2) is 60.7 Å². The molecule has 1 aliphatic heterocycles. The smallest absolute Gasteiger partial charge is 0.318 e. The van der Waals surface area contributed by atoms with Crippen LogP contribution in [0, 0.1) is 0 Å². The van der Waals surface area contributed by atoms with Gasteiger partial charge in [0.05, 0.1) is 24.2 Å². The molecular formula is C21H26N2O4S. The van der Waals surface area contributed by atoms with Gasteiger partial charge in [-0.25, -0.2) is 13.2 Å². The first-order valence-corrected chi connectivity index (χ1v) is 11.2. The minimum atomic E-state index is -3.09. The molecule has 7 heteroatoms. The van der Waals surface area contributed by atoms with Crippen molar-refractivity contribution in [2.75, 3.05) is 31.8 Å². The summed E-state index contributed by atoms with van der Waals surface area (Å²) in [5.41, 5.74) is 1.93. The number of methoxy groups -OCH3 is 1. The lowest BCUT2D eigenvalue weighted by Crippen LogP contribution is -2.49. The quantitative estimate of drug-likeness (QED) is 0.772. The van der Waals surface area contributed by atoms with Crippen LogP contribution in [0.4, 0.5) is 4.79 Å². The molecule has 150 valence electrons. The number of nitrogens with zero attached hydrogens (tertiary/aromatic N) is 1. The summed E-state index contributed by atoms with van der Waals surface area (Å²) in [4.78, 5) is 14.8. The minimum absolute atomic E-state index is 0.00543. The summed E-state index contributed by atoms with van der Waals surface area (Å²) in [7, 11) is -1.53. The Labute approximate surface area is 166 Å². The van der Waals surface area contributed by atoms with Gasteiger partial charge in [-0.15, -0.1) is 0 Å². The second-order valence-electron chi connectivity index (χ2n) is 6.95. The molecule has 0 saturated carbocycles. The average molecular weight is 403 g/mol. The van der Waals surface area contributed by atoms with E-state index in [1.54, 1.807) is 12.0 Å². The number of hydrogen-bond donors (Lipinski definition) is 1. The first-order valence-electron chi connectivity index (χ1n) is 9.36. The summed E-state index contributed by atoms with van der Waals surface area (Å²) < 4.78 is 29.0. The van der Waals surface area contributed by atoms with Crippen LogP contribution in [0.2, 0.25) is 0 Å². The molecule has 1 N–H and O–H groups in total. The van der Waals surface area contributed by atoms with E-state index in [0.29, 0.717) is 19.6 Å². The summed E-state index contributed by atoms with van der Waals surface area (Å²) in [6.45, 7) is 0.699. The second-order valence-corrected chi connectivity index (χ2v) is 9.18. The number of carbonyl (C=O) groups excluding carboxylic acids is 1. The fraction of sp³-hybridized carbons (Fsp3) is 0.381. The molecule has 1 unspecified atom stereocenters. The number of benzene rings is 2. The van der Waals surface area contributed by atoms with Crippen LogP contribution < -0.4 is 5.32 Å². The number of ether oxygens (including phenoxy) is 1. The van der Waals surface area contributed by atoms with Gasteiger partial charge in [-0.3, -0.25) is 0 Å². The van der Waals surface area contributed by atoms with Gasteiger partial charge in [0.25, 0.3) is 0 Å². The number of nitrogens with one attached hydrogen (secondary N) is 1. The number of amides is 2. The molecule has 2 amide bonds. The molecule has 1 atom stereocenters. The largest absolute Gasteiger partial charge is 0.383 e. The predicted molar refractivity (Wildman–Crippen MR) is 109 cm³/mol. The molecule has 0 aromatic heterocycles. The van der Waals surface area contributed by atoms with Crippen LogP contribution in [0.1, 0.15) is 23.6 Å². The van der Waals surface area contributed by atoms with E-state index in [0.717, 1.165) is 11.1 Å². The topological polar surface area (TPSA) is 75.7 Å². The predicted octanol–water partition coefficient (Wildman–Crippen LogP) is 2.62. The van der Waals surface area contributed by atoms with Gasteiger partial charge in [0.1, 0.15) is 0 Å². The summed E-state index contributed by atoms with van der Waals surface area (Å²) in [5, 5.41) is 3.10. The highest BCUT2D eigenvalue weighted by Gasteiger charge is 2.35. The Kier molecular flexibility index (Phi) is 6.70.